The molecule has 5 heteroatoms. The summed E-state index contributed by atoms with van der Waals surface area (Å²) in [5.74, 6) is 0. The molecule has 3 aromatic rings. The Balaban J connectivity index is 2.14. The molecule has 0 saturated heterocycles. The summed E-state index contributed by atoms with van der Waals surface area (Å²) in [5.41, 5.74) is 4.08. The van der Waals surface area contributed by atoms with Gasteiger partial charge in [0.25, 0.3) is 0 Å². The lowest BCUT2D eigenvalue weighted by Gasteiger charge is -2.19. The Morgan fingerprint density at radius 3 is 2.45 bits per heavy atom. The van der Waals surface area contributed by atoms with Crippen LogP contribution in [0.4, 0.5) is 0 Å². The van der Waals surface area contributed by atoms with E-state index in [1.54, 1.807) is 6.33 Å². The fourth-order valence-corrected chi connectivity index (χ4v) is 2.53. The summed E-state index contributed by atoms with van der Waals surface area (Å²) in [7, 11) is 0. The SMILES string of the molecule is CC(C)(C)c1ccc(-c2nc(Br)cn3cnnc23)cc1. The number of halogens is 1. The van der Waals surface area contributed by atoms with Gasteiger partial charge in [0.2, 0.25) is 0 Å². The molecule has 0 unspecified atom stereocenters. The van der Waals surface area contributed by atoms with Crippen LogP contribution in [0, 0.1) is 0 Å². The molecule has 0 aliphatic carbocycles. The molecule has 0 saturated carbocycles. The van der Waals surface area contributed by atoms with Crippen molar-refractivity contribution in [1.82, 2.24) is 19.6 Å². The summed E-state index contributed by atoms with van der Waals surface area (Å²) in [6, 6.07) is 8.46. The van der Waals surface area contributed by atoms with Crippen molar-refractivity contribution < 1.29 is 0 Å². The van der Waals surface area contributed by atoms with Gasteiger partial charge in [-0.3, -0.25) is 4.40 Å². The second-order valence-electron chi connectivity index (χ2n) is 5.80. The molecule has 0 aliphatic rings. The standard InChI is InChI=1S/C15H15BrN4/c1-15(2,3)11-6-4-10(5-7-11)13-14-19-17-9-20(14)8-12(16)18-13/h4-9H,1-3H3. The van der Waals surface area contributed by atoms with Crippen LogP contribution in [-0.2, 0) is 5.41 Å². The van der Waals surface area contributed by atoms with Crippen molar-refractivity contribution in [2.75, 3.05) is 0 Å². The van der Waals surface area contributed by atoms with Crippen molar-refractivity contribution in [2.24, 2.45) is 0 Å². The van der Waals surface area contributed by atoms with Crippen molar-refractivity contribution in [1.29, 1.82) is 0 Å². The Bertz CT molecular complexity index is 754. The lowest BCUT2D eigenvalue weighted by Crippen LogP contribution is -2.10. The first-order valence-electron chi connectivity index (χ1n) is 6.42. The summed E-state index contributed by atoms with van der Waals surface area (Å²) in [5, 5.41) is 8.07. The van der Waals surface area contributed by atoms with Gasteiger partial charge in [-0.15, -0.1) is 10.2 Å². The first-order valence-corrected chi connectivity index (χ1v) is 7.21. The third-order valence-electron chi connectivity index (χ3n) is 3.27. The quantitative estimate of drug-likeness (QED) is 0.680. The average Bonchev–Trinajstić information content (AvgIpc) is 2.85. The molecule has 2 heterocycles. The molecule has 0 radical (unpaired) electrons. The van der Waals surface area contributed by atoms with Crippen molar-refractivity contribution in [2.45, 2.75) is 26.2 Å². The molecule has 4 nitrogen and oxygen atoms in total. The van der Waals surface area contributed by atoms with E-state index in [1.165, 1.54) is 5.56 Å². The Labute approximate surface area is 126 Å². The van der Waals surface area contributed by atoms with Gasteiger partial charge >= 0.3 is 0 Å². The maximum absolute atomic E-state index is 4.53. The van der Waals surface area contributed by atoms with Crippen LogP contribution < -0.4 is 0 Å². The van der Waals surface area contributed by atoms with Crippen LogP contribution in [0.3, 0.4) is 0 Å². The fourth-order valence-electron chi connectivity index (χ4n) is 2.13. The van der Waals surface area contributed by atoms with Crippen LogP contribution in [-0.4, -0.2) is 19.6 Å². The van der Waals surface area contributed by atoms with Gasteiger partial charge in [0.15, 0.2) is 5.65 Å². The van der Waals surface area contributed by atoms with Crippen LogP contribution in [0.15, 0.2) is 41.4 Å². The highest BCUT2D eigenvalue weighted by molar-refractivity contribution is 9.10. The zero-order valence-electron chi connectivity index (χ0n) is 11.6. The fraction of sp³-hybridized carbons (Fsp3) is 0.267. The second kappa shape index (κ2) is 4.66. The van der Waals surface area contributed by atoms with E-state index in [1.807, 2.05) is 10.6 Å². The van der Waals surface area contributed by atoms with Crippen LogP contribution >= 0.6 is 15.9 Å². The minimum atomic E-state index is 0.146. The number of nitrogens with zero attached hydrogens (tertiary/aromatic N) is 4. The summed E-state index contributed by atoms with van der Waals surface area (Å²) >= 11 is 3.42. The zero-order chi connectivity index (χ0) is 14.3. The van der Waals surface area contributed by atoms with Gasteiger partial charge in [0, 0.05) is 11.8 Å². The van der Waals surface area contributed by atoms with E-state index < -0.39 is 0 Å². The molecule has 0 fully saturated rings. The molecule has 0 amide bonds. The van der Waals surface area contributed by atoms with Gasteiger partial charge in [0.05, 0.1) is 0 Å². The summed E-state index contributed by atoms with van der Waals surface area (Å²) in [4.78, 5) is 4.53. The molecular weight excluding hydrogens is 316 g/mol. The predicted octanol–water partition coefficient (Wildman–Crippen LogP) is 3.85. The van der Waals surface area contributed by atoms with Gasteiger partial charge in [-0.05, 0) is 26.9 Å². The zero-order valence-corrected chi connectivity index (χ0v) is 13.2. The van der Waals surface area contributed by atoms with Crippen molar-refractivity contribution >= 4 is 21.6 Å². The maximum Gasteiger partial charge on any atom is 0.187 e. The average molecular weight is 331 g/mol. The maximum atomic E-state index is 4.53. The molecule has 20 heavy (non-hydrogen) atoms. The first kappa shape index (κ1) is 13.2. The first-order chi connectivity index (χ1) is 9.45. The molecule has 0 aliphatic heterocycles. The van der Waals surface area contributed by atoms with Crippen molar-refractivity contribution in [3.63, 3.8) is 0 Å². The molecule has 0 N–H and O–H groups in total. The third kappa shape index (κ3) is 2.33. The Morgan fingerprint density at radius 1 is 1.10 bits per heavy atom. The van der Waals surface area contributed by atoms with E-state index in [4.69, 9.17) is 0 Å². The normalized spacial score (nSPS) is 12.0. The lowest BCUT2D eigenvalue weighted by molar-refractivity contribution is 0.590. The van der Waals surface area contributed by atoms with Crippen molar-refractivity contribution in [3.05, 3.63) is 47.0 Å². The summed E-state index contributed by atoms with van der Waals surface area (Å²) in [6.07, 6.45) is 3.52. The molecule has 0 atom stereocenters. The van der Waals surface area contributed by atoms with Crippen LogP contribution in [0.25, 0.3) is 16.9 Å². The lowest BCUT2D eigenvalue weighted by atomic mass is 9.86. The van der Waals surface area contributed by atoms with Gasteiger partial charge in [0.1, 0.15) is 16.6 Å². The Hall–Kier alpha value is -1.75. The number of hydrogen-bond acceptors (Lipinski definition) is 3. The number of rotatable bonds is 1. The molecule has 3 rings (SSSR count). The minimum Gasteiger partial charge on any atom is -0.284 e. The minimum absolute atomic E-state index is 0.146. The highest BCUT2D eigenvalue weighted by atomic mass is 79.9. The van der Waals surface area contributed by atoms with E-state index in [0.29, 0.717) is 0 Å². The molecule has 0 spiro atoms. The van der Waals surface area contributed by atoms with E-state index in [0.717, 1.165) is 21.5 Å². The number of fused-ring (bicyclic) bond motifs is 1. The van der Waals surface area contributed by atoms with Crippen LogP contribution in [0.1, 0.15) is 26.3 Å². The van der Waals surface area contributed by atoms with Gasteiger partial charge in [-0.25, -0.2) is 4.98 Å². The summed E-state index contributed by atoms with van der Waals surface area (Å²) in [6.45, 7) is 6.61. The summed E-state index contributed by atoms with van der Waals surface area (Å²) < 4.78 is 2.63. The topological polar surface area (TPSA) is 43.1 Å². The van der Waals surface area contributed by atoms with Crippen LogP contribution in [0.5, 0.6) is 0 Å². The Kier molecular flexibility index (Phi) is 3.09. The molecule has 102 valence electrons. The highest BCUT2D eigenvalue weighted by Crippen LogP contribution is 2.27. The smallest absolute Gasteiger partial charge is 0.187 e. The van der Waals surface area contributed by atoms with Gasteiger partial charge in [-0.2, -0.15) is 0 Å². The molecule has 1 aromatic carbocycles. The van der Waals surface area contributed by atoms with E-state index in [9.17, 15) is 0 Å². The monoisotopic (exact) mass is 330 g/mol. The predicted molar refractivity (Wildman–Crippen MR) is 82.6 cm³/mol. The Morgan fingerprint density at radius 2 is 1.80 bits per heavy atom. The van der Waals surface area contributed by atoms with E-state index in [2.05, 4.69) is 76.1 Å². The van der Waals surface area contributed by atoms with Crippen LogP contribution in [0.2, 0.25) is 0 Å². The number of aromatic nitrogens is 4. The van der Waals surface area contributed by atoms with E-state index >= 15 is 0 Å². The number of hydrogen-bond donors (Lipinski definition) is 0. The van der Waals surface area contributed by atoms with Gasteiger partial charge < -0.3 is 0 Å². The number of benzene rings is 1. The van der Waals surface area contributed by atoms with Gasteiger partial charge in [-0.1, -0.05) is 45.0 Å². The molecule has 2 aromatic heterocycles. The highest BCUT2D eigenvalue weighted by Gasteiger charge is 2.15. The van der Waals surface area contributed by atoms with Crippen molar-refractivity contribution in [3.8, 4) is 11.3 Å². The molecular formula is C15H15BrN4. The third-order valence-corrected chi connectivity index (χ3v) is 3.66. The second-order valence-corrected chi connectivity index (χ2v) is 6.61. The molecule has 0 bridgehead atoms. The van der Waals surface area contributed by atoms with E-state index in [-0.39, 0.29) is 5.41 Å². The largest absolute Gasteiger partial charge is 0.284 e.